The Kier molecular flexibility index (Phi) is 4.45. The van der Waals surface area contributed by atoms with Crippen molar-refractivity contribution >= 4 is 5.69 Å². The molecule has 0 N–H and O–H groups in total. The van der Waals surface area contributed by atoms with Crippen LogP contribution in [0.25, 0.3) is 4.85 Å². The van der Waals surface area contributed by atoms with Crippen molar-refractivity contribution in [3.05, 3.63) is 65.5 Å². The third kappa shape index (κ3) is 3.21. The van der Waals surface area contributed by atoms with E-state index in [9.17, 15) is 0 Å². The van der Waals surface area contributed by atoms with Crippen LogP contribution in [0.15, 0.2) is 48.5 Å². The smallest absolute Gasteiger partial charge is 0.187 e. The molecular weight excluding hydrogens is 332 g/mol. The number of rotatable bonds is 4. The summed E-state index contributed by atoms with van der Waals surface area (Å²) in [4.78, 5) is 3.37. The SMILES string of the molecule is [C-]#[N+]c1ccc(O[C@@H]2CO[C@H]3[C@@H]2OC[C@@H]3Oc2cccc(C#N)c2)cc1. The minimum atomic E-state index is -0.243. The fourth-order valence-corrected chi connectivity index (χ4v) is 3.22. The monoisotopic (exact) mass is 348 g/mol. The van der Waals surface area contributed by atoms with Gasteiger partial charge in [-0.05, 0) is 30.3 Å². The normalized spacial score (nSPS) is 26.5. The molecule has 2 aromatic carbocycles. The Bertz CT molecular complexity index is 869. The van der Waals surface area contributed by atoms with Crippen LogP contribution in [0, 0.1) is 17.9 Å². The van der Waals surface area contributed by atoms with Gasteiger partial charge in [-0.2, -0.15) is 5.26 Å². The fourth-order valence-electron chi connectivity index (χ4n) is 3.22. The van der Waals surface area contributed by atoms with Crippen LogP contribution in [-0.4, -0.2) is 37.6 Å². The zero-order chi connectivity index (χ0) is 17.9. The van der Waals surface area contributed by atoms with Crippen molar-refractivity contribution in [1.82, 2.24) is 0 Å². The van der Waals surface area contributed by atoms with Crippen molar-refractivity contribution in [1.29, 1.82) is 5.26 Å². The van der Waals surface area contributed by atoms with E-state index < -0.39 is 0 Å². The largest absolute Gasteiger partial charge is 0.485 e. The number of benzene rings is 2. The highest BCUT2D eigenvalue weighted by Gasteiger charge is 2.50. The number of hydrogen-bond donors (Lipinski definition) is 0. The third-order valence-electron chi connectivity index (χ3n) is 4.47. The van der Waals surface area contributed by atoms with Crippen molar-refractivity contribution in [3.8, 4) is 17.6 Å². The number of fused-ring (bicyclic) bond motifs is 1. The van der Waals surface area contributed by atoms with Crippen molar-refractivity contribution in [2.24, 2.45) is 0 Å². The molecule has 130 valence electrons. The minimum Gasteiger partial charge on any atom is -0.485 e. The Balaban J connectivity index is 1.40. The summed E-state index contributed by atoms with van der Waals surface area (Å²) in [5, 5.41) is 8.99. The highest BCUT2D eigenvalue weighted by molar-refractivity contribution is 5.47. The molecule has 2 aromatic rings. The zero-order valence-corrected chi connectivity index (χ0v) is 13.9. The fraction of sp³-hybridized carbons (Fsp3) is 0.300. The maximum absolute atomic E-state index is 8.99. The minimum absolute atomic E-state index is 0.209. The molecular formula is C20H16N2O4. The average molecular weight is 348 g/mol. The second kappa shape index (κ2) is 7.05. The van der Waals surface area contributed by atoms with Crippen LogP contribution in [0.1, 0.15) is 5.56 Å². The van der Waals surface area contributed by atoms with Gasteiger partial charge in [0.1, 0.15) is 23.7 Å². The maximum Gasteiger partial charge on any atom is 0.187 e. The summed E-state index contributed by atoms with van der Waals surface area (Å²) in [5.41, 5.74) is 1.12. The van der Waals surface area contributed by atoms with Gasteiger partial charge in [-0.15, -0.1) is 0 Å². The van der Waals surface area contributed by atoms with Gasteiger partial charge in [0.2, 0.25) is 0 Å². The van der Waals surface area contributed by atoms with Gasteiger partial charge >= 0.3 is 0 Å². The molecule has 2 heterocycles. The van der Waals surface area contributed by atoms with Crippen molar-refractivity contribution in [2.45, 2.75) is 24.4 Å². The molecule has 0 bridgehead atoms. The Hall–Kier alpha value is -3.06. The van der Waals surface area contributed by atoms with Gasteiger partial charge in [0, 0.05) is 0 Å². The highest BCUT2D eigenvalue weighted by Crippen LogP contribution is 2.32. The molecule has 26 heavy (non-hydrogen) atoms. The molecule has 0 aromatic heterocycles. The molecule has 0 aliphatic carbocycles. The lowest BCUT2D eigenvalue weighted by Gasteiger charge is -2.18. The first kappa shape index (κ1) is 16.4. The Morgan fingerprint density at radius 3 is 2.23 bits per heavy atom. The van der Waals surface area contributed by atoms with E-state index in [1.807, 2.05) is 6.07 Å². The molecule has 6 nitrogen and oxygen atoms in total. The second-order valence-electron chi connectivity index (χ2n) is 6.15. The summed E-state index contributed by atoms with van der Waals surface area (Å²) < 4.78 is 23.7. The highest BCUT2D eigenvalue weighted by atomic mass is 16.6. The third-order valence-corrected chi connectivity index (χ3v) is 4.47. The quantitative estimate of drug-likeness (QED) is 0.795. The van der Waals surface area contributed by atoms with Crippen LogP contribution in [0.2, 0.25) is 0 Å². The number of ether oxygens (including phenoxy) is 4. The van der Waals surface area contributed by atoms with Gasteiger partial charge in [0.15, 0.2) is 17.9 Å². The summed E-state index contributed by atoms with van der Waals surface area (Å²) in [6.07, 6.45) is -0.891. The molecule has 0 saturated carbocycles. The zero-order valence-electron chi connectivity index (χ0n) is 13.9. The molecule has 2 fully saturated rings. The topological polar surface area (TPSA) is 65.1 Å². The molecule has 0 unspecified atom stereocenters. The van der Waals surface area contributed by atoms with Crippen molar-refractivity contribution in [2.75, 3.05) is 13.2 Å². The molecule has 2 saturated heterocycles. The summed E-state index contributed by atoms with van der Waals surface area (Å²) >= 11 is 0. The molecule has 2 aliphatic heterocycles. The molecule has 4 atom stereocenters. The van der Waals surface area contributed by atoms with Crippen LogP contribution < -0.4 is 9.47 Å². The van der Waals surface area contributed by atoms with Crippen LogP contribution in [0.3, 0.4) is 0 Å². The van der Waals surface area contributed by atoms with Gasteiger partial charge in [0.05, 0.1) is 31.4 Å². The first-order chi connectivity index (χ1) is 12.8. The van der Waals surface area contributed by atoms with Crippen molar-refractivity contribution < 1.29 is 18.9 Å². The summed E-state index contributed by atoms with van der Waals surface area (Å²) in [5.74, 6) is 1.31. The van der Waals surface area contributed by atoms with Gasteiger partial charge < -0.3 is 18.9 Å². The van der Waals surface area contributed by atoms with Gasteiger partial charge in [-0.25, -0.2) is 4.85 Å². The summed E-state index contributed by atoms with van der Waals surface area (Å²) in [6.45, 7) is 7.81. The molecule has 6 heteroatoms. The van der Waals surface area contributed by atoms with Crippen LogP contribution in [-0.2, 0) is 9.47 Å². The first-order valence-electron chi connectivity index (χ1n) is 8.31. The predicted molar refractivity (Wildman–Crippen MR) is 92.2 cm³/mol. The average Bonchev–Trinajstić information content (AvgIpc) is 3.26. The van der Waals surface area contributed by atoms with E-state index in [1.165, 1.54) is 0 Å². The van der Waals surface area contributed by atoms with E-state index in [2.05, 4.69) is 10.9 Å². The number of hydrogen-bond acceptors (Lipinski definition) is 5. The lowest BCUT2D eigenvalue weighted by atomic mass is 10.1. The number of nitriles is 1. The summed E-state index contributed by atoms with van der Waals surface area (Å²) in [6, 6.07) is 16.1. The Labute approximate surface area is 151 Å². The van der Waals surface area contributed by atoms with E-state index in [4.69, 9.17) is 30.8 Å². The molecule has 0 radical (unpaired) electrons. The van der Waals surface area contributed by atoms with E-state index >= 15 is 0 Å². The Morgan fingerprint density at radius 2 is 1.62 bits per heavy atom. The lowest BCUT2D eigenvalue weighted by Crippen LogP contribution is -2.36. The standard InChI is InChI=1S/C20H16N2O4/c1-22-14-5-7-15(8-6-14)25-17-11-23-20-18(12-24-19(17)20)26-16-4-2-3-13(9-16)10-21/h2-9,17-20H,11-12H2/t17-,18+,19-,20-/m1/s1. The predicted octanol–water partition coefficient (Wildman–Crippen LogP) is 3.10. The van der Waals surface area contributed by atoms with Gasteiger partial charge in [-0.3, -0.25) is 0 Å². The van der Waals surface area contributed by atoms with E-state index in [0.717, 1.165) is 0 Å². The molecule has 2 aliphatic rings. The summed E-state index contributed by atoms with van der Waals surface area (Å²) in [7, 11) is 0. The van der Waals surface area contributed by atoms with Crippen LogP contribution in [0.4, 0.5) is 5.69 Å². The molecule has 0 spiro atoms. The van der Waals surface area contributed by atoms with Gasteiger partial charge in [-0.1, -0.05) is 18.2 Å². The second-order valence-corrected chi connectivity index (χ2v) is 6.15. The lowest BCUT2D eigenvalue weighted by molar-refractivity contribution is 0.0181. The van der Waals surface area contributed by atoms with Crippen LogP contribution in [0.5, 0.6) is 11.5 Å². The van der Waals surface area contributed by atoms with Crippen molar-refractivity contribution in [3.63, 3.8) is 0 Å². The molecule has 4 rings (SSSR count). The maximum atomic E-state index is 8.99. The van der Waals surface area contributed by atoms with E-state index in [0.29, 0.717) is 36.0 Å². The van der Waals surface area contributed by atoms with E-state index in [-0.39, 0.29) is 24.4 Å². The molecule has 0 amide bonds. The van der Waals surface area contributed by atoms with Gasteiger partial charge in [0.25, 0.3) is 0 Å². The van der Waals surface area contributed by atoms with E-state index in [1.54, 1.807) is 42.5 Å². The Morgan fingerprint density at radius 1 is 0.962 bits per heavy atom. The first-order valence-corrected chi connectivity index (χ1v) is 8.31. The van der Waals surface area contributed by atoms with Crippen LogP contribution >= 0.6 is 0 Å². The number of nitrogens with zero attached hydrogens (tertiary/aromatic N) is 2.